The van der Waals surface area contributed by atoms with E-state index in [1.54, 1.807) is 12.0 Å². The Labute approximate surface area is 180 Å². The van der Waals surface area contributed by atoms with Gasteiger partial charge in [-0.15, -0.1) is 0 Å². The maximum absolute atomic E-state index is 13.4. The quantitative estimate of drug-likeness (QED) is 0.521. The standard InChI is InChI=1S/C24H21N3O2S/c1-16-8-7-11-21(25-16)26-24-27(19-9-5-4-6-10-19)23(28)22(30-24)17(2)18-12-14-20(29-3)15-13-18/h4-15H,1-3H3/b22-17-,26-24+. The van der Waals surface area contributed by atoms with Gasteiger partial charge in [0.1, 0.15) is 5.75 Å². The Balaban J connectivity index is 1.80. The molecule has 3 aromatic rings. The molecule has 1 aliphatic heterocycles. The lowest BCUT2D eigenvalue weighted by Crippen LogP contribution is -2.28. The molecule has 1 aliphatic rings. The second-order valence-corrected chi connectivity index (χ2v) is 7.77. The highest BCUT2D eigenvalue weighted by atomic mass is 32.2. The summed E-state index contributed by atoms with van der Waals surface area (Å²) in [6.45, 7) is 3.88. The number of aromatic nitrogens is 1. The van der Waals surface area contributed by atoms with E-state index in [4.69, 9.17) is 9.73 Å². The topological polar surface area (TPSA) is 54.8 Å². The summed E-state index contributed by atoms with van der Waals surface area (Å²) in [5, 5.41) is 0.590. The van der Waals surface area contributed by atoms with E-state index < -0.39 is 0 Å². The molecule has 6 heteroatoms. The summed E-state index contributed by atoms with van der Waals surface area (Å²) in [4.78, 5) is 24.9. The maximum Gasteiger partial charge on any atom is 0.271 e. The molecule has 5 nitrogen and oxygen atoms in total. The number of aliphatic imine (C=N–C) groups is 1. The second-order valence-electron chi connectivity index (χ2n) is 6.79. The van der Waals surface area contributed by atoms with Gasteiger partial charge < -0.3 is 4.74 Å². The lowest BCUT2D eigenvalue weighted by Gasteiger charge is -2.15. The van der Waals surface area contributed by atoms with Crippen molar-refractivity contribution in [3.8, 4) is 5.75 Å². The highest BCUT2D eigenvalue weighted by molar-refractivity contribution is 8.19. The number of nitrogens with zero attached hydrogens (tertiary/aromatic N) is 3. The van der Waals surface area contributed by atoms with Crippen LogP contribution in [0.2, 0.25) is 0 Å². The molecule has 0 radical (unpaired) electrons. The number of rotatable bonds is 4. The van der Waals surface area contributed by atoms with Gasteiger partial charge in [-0.25, -0.2) is 9.98 Å². The van der Waals surface area contributed by atoms with Crippen LogP contribution in [0.4, 0.5) is 11.5 Å². The zero-order chi connectivity index (χ0) is 21.1. The molecule has 0 spiro atoms. The van der Waals surface area contributed by atoms with E-state index in [1.807, 2.05) is 86.6 Å². The van der Waals surface area contributed by atoms with Gasteiger partial charge in [0.2, 0.25) is 0 Å². The van der Waals surface area contributed by atoms with Crippen LogP contribution in [0.1, 0.15) is 18.2 Å². The molecule has 30 heavy (non-hydrogen) atoms. The zero-order valence-electron chi connectivity index (χ0n) is 17.0. The lowest BCUT2D eigenvalue weighted by atomic mass is 10.1. The van der Waals surface area contributed by atoms with Crippen molar-refractivity contribution in [2.75, 3.05) is 12.0 Å². The van der Waals surface area contributed by atoms with Gasteiger partial charge in [0, 0.05) is 5.69 Å². The van der Waals surface area contributed by atoms with E-state index in [0.717, 1.165) is 28.3 Å². The number of ether oxygens (including phenoxy) is 1. The Morgan fingerprint density at radius 2 is 1.73 bits per heavy atom. The molecule has 2 heterocycles. The zero-order valence-corrected chi connectivity index (χ0v) is 17.8. The first-order valence-corrected chi connectivity index (χ1v) is 10.3. The van der Waals surface area contributed by atoms with E-state index >= 15 is 0 Å². The molecule has 2 aromatic carbocycles. The third-order valence-corrected chi connectivity index (χ3v) is 5.89. The predicted octanol–water partition coefficient (Wildman–Crippen LogP) is 5.60. The first-order valence-electron chi connectivity index (χ1n) is 9.52. The number of benzene rings is 2. The number of thioether (sulfide) groups is 1. The number of para-hydroxylation sites is 1. The molecule has 0 atom stereocenters. The van der Waals surface area contributed by atoms with Gasteiger partial charge in [0.15, 0.2) is 11.0 Å². The summed E-state index contributed by atoms with van der Waals surface area (Å²) in [6.07, 6.45) is 0. The Kier molecular flexibility index (Phi) is 5.68. The molecule has 0 saturated carbocycles. The fourth-order valence-corrected chi connectivity index (χ4v) is 4.20. The van der Waals surface area contributed by atoms with Crippen LogP contribution in [0.15, 0.2) is 82.7 Å². The van der Waals surface area contributed by atoms with Crippen LogP contribution in [-0.4, -0.2) is 23.2 Å². The fraction of sp³-hybridized carbons (Fsp3) is 0.125. The van der Waals surface area contributed by atoms with Gasteiger partial charge in [-0.05, 0) is 73.1 Å². The van der Waals surface area contributed by atoms with E-state index in [1.165, 1.54) is 11.8 Å². The van der Waals surface area contributed by atoms with Gasteiger partial charge >= 0.3 is 0 Å². The number of pyridine rings is 1. The number of carbonyl (C=O) groups excluding carboxylic acids is 1. The third-order valence-electron chi connectivity index (χ3n) is 4.74. The second kappa shape index (κ2) is 8.55. The monoisotopic (exact) mass is 415 g/mol. The van der Waals surface area contributed by atoms with E-state index in [0.29, 0.717) is 15.9 Å². The maximum atomic E-state index is 13.4. The number of carbonyl (C=O) groups is 1. The number of hydrogen-bond donors (Lipinski definition) is 0. The van der Waals surface area contributed by atoms with E-state index in [-0.39, 0.29) is 5.91 Å². The van der Waals surface area contributed by atoms with Gasteiger partial charge in [-0.3, -0.25) is 9.69 Å². The fourth-order valence-electron chi connectivity index (χ4n) is 3.14. The molecule has 0 aliphatic carbocycles. The molecule has 1 saturated heterocycles. The highest BCUT2D eigenvalue weighted by Crippen LogP contribution is 2.40. The van der Waals surface area contributed by atoms with Crippen LogP contribution in [0.25, 0.3) is 5.57 Å². The normalized spacial score (nSPS) is 16.8. The number of aryl methyl sites for hydroxylation is 1. The van der Waals surface area contributed by atoms with Crippen molar-refractivity contribution >= 4 is 39.9 Å². The molecule has 1 amide bonds. The number of allylic oxidation sites excluding steroid dienone is 1. The Morgan fingerprint density at radius 1 is 1.00 bits per heavy atom. The molecule has 1 fully saturated rings. The van der Waals surface area contributed by atoms with Crippen molar-refractivity contribution in [1.82, 2.24) is 4.98 Å². The predicted molar refractivity (Wildman–Crippen MR) is 123 cm³/mol. The number of hydrogen-bond acceptors (Lipinski definition) is 5. The average Bonchev–Trinajstić information content (AvgIpc) is 3.09. The molecular formula is C24H21N3O2S. The SMILES string of the molecule is COc1ccc(/C(C)=C2\S/C(=N/c3cccc(C)n3)N(c3ccccc3)C2=O)cc1. The Morgan fingerprint density at radius 3 is 2.40 bits per heavy atom. The van der Waals surface area contributed by atoms with Crippen LogP contribution in [-0.2, 0) is 4.79 Å². The van der Waals surface area contributed by atoms with E-state index in [2.05, 4.69) is 4.98 Å². The van der Waals surface area contributed by atoms with Crippen molar-refractivity contribution in [2.24, 2.45) is 4.99 Å². The van der Waals surface area contributed by atoms with Crippen molar-refractivity contribution < 1.29 is 9.53 Å². The first-order chi connectivity index (χ1) is 14.6. The third kappa shape index (κ3) is 4.00. The average molecular weight is 416 g/mol. The molecular weight excluding hydrogens is 394 g/mol. The minimum absolute atomic E-state index is 0.0917. The minimum Gasteiger partial charge on any atom is -0.497 e. The van der Waals surface area contributed by atoms with Crippen LogP contribution in [0.3, 0.4) is 0 Å². The van der Waals surface area contributed by atoms with Crippen LogP contribution >= 0.6 is 11.8 Å². The first kappa shape index (κ1) is 19.9. The summed E-state index contributed by atoms with van der Waals surface area (Å²) in [5.41, 5.74) is 3.52. The summed E-state index contributed by atoms with van der Waals surface area (Å²) >= 11 is 1.37. The largest absolute Gasteiger partial charge is 0.497 e. The van der Waals surface area contributed by atoms with Crippen LogP contribution in [0, 0.1) is 6.92 Å². The van der Waals surface area contributed by atoms with Crippen LogP contribution in [0.5, 0.6) is 5.75 Å². The van der Waals surface area contributed by atoms with Crippen molar-refractivity contribution in [2.45, 2.75) is 13.8 Å². The summed E-state index contributed by atoms with van der Waals surface area (Å²) in [6, 6.07) is 22.9. The Bertz CT molecular complexity index is 1140. The molecule has 150 valence electrons. The highest BCUT2D eigenvalue weighted by Gasteiger charge is 2.36. The van der Waals surface area contributed by atoms with Gasteiger partial charge in [0.25, 0.3) is 5.91 Å². The summed E-state index contributed by atoms with van der Waals surface area (Å²) < 4.78 is 5.24. The lowest BCUT2D eigenvalue weighted by molar-refractivity contribution is -0.113. The molecule has 1 aromatic heterocycles. The van der Waals surface area contributed by atoms with Gasteiger partial charge in [0.05, 0.1) is 17.7 Å². The minimum atomic E-state index is -0.0917. The number of methoxy groups -OCH3 is 1. The van der Waals surface area contributed by atoms with E-state index in [9.17, 15) is 4.79 Å². The van der Waals surface area contributed by atoms with Gasteiger partial charge in [-0.2, -0.15) is 0 Å². The van der Waals surface area contributed by atoms with Gasteiger partial charge in [-0.1, -0.05) is 36.4 Å². The smallest absolute Gasteiger partial charge is 0.271 e. The molecule has 0 bridgehead atoms. The summed E-state index contributed by atoms with van der Waals surface area (Å²) in [5.74, 6) is 1.26. The van der Waals surface area contributed by atoms with Crippen LogP contribution < -0.4 is 9.64 Å². The van der Waals surface area contributed by atoms with Crippen molar-refractivity contribution in [1.29, 1.82) is 0 Å². The number of amides is 1. The molecule has 4 rings (SSSR count). The number of amidine groups is 1. The summed E-state index contributed by atoms with van der Waals surface area (Å²) in [7, 11) is 1.64. The van der Waals surface area contributed by atoms with Crippen molar-refractivity contribution in [3.05, 3.63) is 89.0 Å². The Hall–Kier alpha value is -3.38. The molecule has 0 unspecified atom stereocenters. The number of anilines is 1. The van der Waals surface area contributed by atoms with Crippen molar-refractivity contribution in [3.63, 3.8) is 0 Å². The molecule has 0 N–H and O–H groups in total.